The van der Waals surface area contributed by atoms with Crippen molar-refractivity contribution in [2.75, 3.05) is 6.54 Å². The Kier molecular flexibility index (Phi) is 3.47. The Hall–Kier alpha value is -0.610. The summed E-state index contributed by atoms with van der Waals surface area (Å²) in [4.78, 5) is 12.0. The molecule has 0 radical (unpaired) electrons. The fourth-order valence-corrected chi connectivity index (χ4v) is 3.89. The number of nitrogens with two attached hydrogens (primary N) is 1. The van der Waals surface area contributed by atoms with Gasteiger partial charge in [-0.15, -0.1) is 0 Å². The van der Waals surface area contributed by atoms with Crippen LogP contribution in [0.15, 0.2) is 0 Å². The lowest BCUT2D eigenvalue weighted by atomic mass is 9.70. The largest absolute Gasteiger partial charge is 0.462 e. The topological polar surface area (TPSA) is 72.5 Å². The van der Waals surface area contributed by atoms with Gasteiger partial charge in [-0.3, -0.25) is 4.79 Å². The third kappa shape index (κ3) is 2.29. The van der Waals surface area contributed by atoms with Gasteiger partial charge in [-0.25, -0.2) is 0 Å². The molecule has 0 aromatic carbocycles. The van der Waals surface area contributed by atoms with E-state index in [0.717, 1.165) is 12.8 Å². The molecule has 2 aliphatic rings. The number of carbonyl (C=O) groups excluding carboxylic acids is 1. The first-order chi connectivity index (χ1) is 8.62. The summed E-state index contributed by atoms with van der Waals surface area (Å²) in [7, 11) is 0. The van der Waals surface area contributed by atoms with E-state index in [0.29, 0.717) is 5.92 Å². The fraction of sp³-hybridized carbons (Fsp3) is 0.933. The average molecular weight is 269 g/mol. The summed E-state index contributed by atoms with van der Waals surface area (Å²) >= 11 is 0. The van der Waals surface area contributed by atoms with Crippen LogP contribution >= 0.6 is 0 Å². The minimum Gasteiger partial charge on any atom is -0.462 e. The van der Waals surface area contributed by atoms with Crippen LogP contribution in [-0.4, -0.2) is 29.3 Å². The summed E-state index contributed by atoms with van der Waals surface area (Å²) in [5, 5.41) is 9.84. The summed E-state index contributed by atoms with van der Waals surface area (Å²) < 4.78 is 5.67. The second-order valence-corrected chi connectivity index (χ2v) is 7.47. The van der Waals surface area contributed by atoms with Crippen LogP contribution in [0.1, 0.15) is 53.4 Å². The highest BCUT2D eigenvalue weighted by Crippen LogP contribution is 2.66. The van der Waals surface area contributed by atoms with Crippen molar-refractivity contribution in [2.24, 2.45) is 22.5 Å². The first-order valence-corrected chi connectivity index (χ1v) is 7.24. The predicted octanol–water partition coefficient (Wildman–Crippen LogP) is 1.84. The van der Waals surface area contributed by atoms with Crippen molar-refractivity contribution in [1.29, 1.82) is 0 Å². The quantitative estimate of drug-likeness (QED) is 0.764. The maximum atomic E-state index is 12.0. The lowest BCUT2D eigenvalue weighted by molar-refractivity contribution is -0.161. The molecule has 0 spiro atoms. The summed E-state index contributed by atoms with van der Waals surface area (Å²) in [5.41, 5.74) is 4.57. The molecule has 2 rings (SSSR count). The molecule has 0 amide bonds. The van der Waals surface area contributed by atoms with Crippen molar-refractivity contribution < 1.29 is 14.6 Å². The van der Waals surface area contributed by atoms with Crippen LogP contribution in [0.25, 0.3) is 0 Å². The number of carbonyl (C=O) groups is 1. The predicted molar refractivity (Wildman–Crippen MR) is 73.4 cm³/mol. The second-order valence-electron chi connectivity index (χ2n) is 7.47. The number of aliphatic hydroxyl groups is 1. The number of esters is 1. The van der Waals surface area contributed by atoms with Gasteiger partial charge in [-0.2, -0.15) is 0 Å². The number of hydrogen-bond donors (Lipinski definition) is 2. The molecule has 110 valence electrons. The molecule has 2 aliphatic carbocycles. The maximum absolute atomic E-state index is 12.0. The average Bonchev–Trinajstić information content (AvgIpc) is 2.61. The number of hydrogen-bond acceptors (Lipinski definition) is 4. The Labute approximate surface area is 115 Å². The molecule has 0 aromatic heterocycles. The van der Waals surface area contributed by atoms with E-state index in [9.17, 15) is 9.90 Å². The molecule has 19 heavy (non-hydrogen) atoms. The van der Waals surface area contributed by atoms with Crippen LogP contribution in [0, 0.1) is 16.7 Å². The molecule has 0 saturated heterocycles. The van der Waals surface area contributed by atoms with Gasteiger partial charge >= 0.3 is 5.97 Å². The summed E-state index contributed by atoms with van der Waals surface area (Å²) in [6.45, 7) is 8.45. The highest BCUT2D eigenvalue weighted by Gasteiger charge is 2.62. The van der Waals surface area contributed by atoms with Crippen LogP contribution in [0.3, 0.4) is 0 Å². The molecule has 4 heteroatoms. The lowest BCUT2D eigenvalue weighted by Gasteiger charge is -2.38. The first-order valence-electron chi connectivity index (χ1n) is 7.24. The maximum Gasteiger partial charge on any atom is 0.309 e. The third-order valence-corrected chi connectivity index (χ3v) is 5.95. The molecule has 2 bridgehead atoms. The minimum atomic E-state index is -1.16. The molecule has 0 heterocycles. The Morgan fingerprint density at radius 3 is 2.53 bits per heavy atom. The molecule has 0 aliphatic heterocycles. The Morgan fingerprint density at radius 2 is 2.11 bits per heavy atom. The zero-order chi connectivity index (χ0) is 14.5. The Balaban J connectivity index is 2.01. The zero-order valence-electron chi connectivity index (χ0n) is 12.5. The lowest BCUT2D eigenvalue weighted by Crippen LogP contribution is -2.41. The van der Waals surface area contributed by atoms with Crippen molar-refractivity contribution in [1.82, 2.24) is 0 Å². The molecule has 2 saturated carbocycles. The molecule has 3 N–H and O–H groups in total. The van der Waals surface area contributed by atoms with Crippen LogP contribution < -0.4 is 5.73 Å². The Bertz CT molecular complexity index is 378. The molecule has 0 aromatic rings. The van der Waals surface area contributed by atoms with E-state index in [1.54, 1.807) is 6.92 Å². The van der Waals surface area contributed by atoms with Gasteiger partial charge in [-0.1, -0.05) is 20.8 Å². The van der Waals surface area contributed by atoms with Crippen LogP contribution in [-0.2, 0) is 9.53 Å². The standard InChI is InChI=1S/C15H27NO3/c1-13(2)10-5-6-15(13,4)11(7-10)19-12(17)8-14(3,18)9-16/h10-11,18H,5-9,16H2,1-4H3. The minimum absolute atomic E-state index is 0.0117. The highest BCUT2D eigenvalue weighted by atomic mass is 16.5. The van der Waals surface area contributed by atoms with E-state index in [1.165, 1.54) is 6.42 Å². The zero-order valence-corrected chi connectivity index (χ0v) is 12.5. The molecule has 4 unspecified atom stereocenters. The molecular formula is C15H27NO3. The van der Waals surface area contributed by atoms with E-state index < -0.39 is 5.60 Å². The van der Waals surface area contributed by atoms with E-state index in [4.69, 9.17) is 10.5 Å². The van der Waals surface area contributed by atoms with E-state index in [2.05, 4.69) is 20.8 Å². The van der Waals surface area contributed by atoms with Crippen LogP contribution in [0.5, 0.6) is 0 Å². The number of fused-ring (bicyclic) bond motifs is 2. The van der Waals surface area contributed by atoms with Gasteiger partial charge in [0.15, 0.2) is 0 Å². The summed E-state index contributed by atoms with van der Waals surface area (Å²) in [6.07, 6.45) is 3.28. The molecule has 4 atom stereocenters. The highest BCUT2D eigenvalue weighted by molar-refractivity contribution is 5.71. The van der Waals surface area contributed by atoms with E-state index >= 15 is 0 Å². The smallest absolute Gasteiger partial charge is 0.309 e. The van der Waals surface area contributed by atoms with E-state index in [1.807, 2.05) is 0 Å². The fourth-order valence-electron chi connectivity index (χ4n) is 3.89. The van der Waals surface area contributed by atoms with E-state index in [-0.39, 0.29) is 35.9 Å². The number of rotatable bonds is 4. The first kappa shape index (κ1) is 14.8. The van der Waals surface area contributed by atoms with Crippen molar-refractivity contribution in [3.05, 3.63) is 0 Å². The van der Waals surface area contributed by atoms with Gasteiger partial charge < -0.3 is 15.6 Å². The monoisotopic (exact) mass is 269 g/mol. The van der Waals surface area contributed by atoms with Crippen LogP contribution in [0.4, 0.5) is 0 Å². The SMILES string of the molecule is CC(O)(CN)CC(=O)OC1CC2CCC1(C)C2(C)C. The normalized spacial score (nSPS) is 39.1. The molecule has 2 fully saturated rings. The van der Waals surface area contributed by atoms with Gasteiger partial charge in [0.05, 0.1) is 12.0 Å². The van der Waals surface area contributed by atoms with Crippen molar-refractivity contribution >= 4 is 5.97 Å². The van der Waals surface area contributed by atoms with Gasteiger partial charge in [0.1, 0.15) is 6.10 Å². The van der Waals surface area contributed by atoms with Crippen molar-refractivity contribution in [3.63, 3.8) is 0 Å². The van der Waals surface area contributed by atoms with Gasteiger partial charge in [0.25, 0.3) is 0 Å². The third-order valence-electron chi connectivity index (χ3n) is 5.95. The van der Waals surface area contributed by atoms with Crippen molar-refractivity contribution in [2.45, 2.75) is 65.1 Å². The summed E-state index contributed by atoms with van der Waals surface area (Å²) in [5.74, 6) is 0.315. The molecular weight excluding hydrogens is 242 g/mol. The van der Waals surface area contributed by atoms with Gasteiger partial charge in [-0.05, 0) is 37.5 Å². The van der Waals surface area contributed by atoms with Crippen molar-refractivity contribution in [3.8, 4) is 0 Å². The van der Waals surface area contributed by atoms with Gasteiger partial charge in [0.2, 0.25) is 0 Å². The van der Waals surface area contributed by atoms with Gasteiger partial charge in [0, 0.05) is 12.0 Å². The number of ether oxygens (including phenoxy) is 1. The summed E-state index contributed by atoms with van der Waals surface area (Å²) in [6, 6.07) is 0. The molecule has 4 nitrogen and oxygen atoms in total. The Morgan fingerprint density at radius 1 is 1.47 bits per heavy atom. The van der Waals surface area contributed by atoms with Crippen LogP contribution in [0.2, 0.25) is 0 Å². The second kappa shape index (κ2) is 4.45.